The van der Waals surface area contributed by atoms with Crippen LogP contribution in [0.2, 0.25) is 45.2 Å². The van der Waals surface area contributed by atoms with E-state index in [1.807, 2.05) is 0 Å². The van der Waals surface area contributed by atoms with Crippen molar-refractivity contribution in [1.82, 2.24) is 0 Å². The van der Waals surface area contributed by atoms with Crippen molar-refractivity contribution >= 4 is 104 Å². The van der Waals surface area contributed by atoms with Gasteiger partial charge in [-0.1, -0.05) is 104 Å². The van der Waals surface area contributed by atoms with Crippen LogP contribution < -0.4 is 0 Å². The molecule has 0 aromatic heterocycles. The molecule has 0 atom stereocenters. The molecule has 0 nitrogen and oxygen atoms in total. The number of hydrogen-bond donors (Lipinski definition) is 0. The monoisotopic (exact) mass is 488 g/mol. The van der Waals surface area contributed by atoms with Gasteiger partial charge >= 0.3 is 0 Å². The van der Waals surface area contributed by atoms with Crippen LogP contribution in [0.25, 0.3) is 0 Å². The number of benzene rings is 2. The molecule has 0 radical (unpaired) electrons. The lowest BCUT2D eigenvalue weighted by Crippen LogP contribution is -1.98. The van der Waals surface area contributed by atoms with Crippen molar-refractivity contribution in [1.29, 1.82) is 0 Å². The molecule has 0 aliphatic carbocycles. The lowest BCUT2D eigenvalue weighted by atomic mass is 10.0. The molecule has 2 aromatic carbocycles. The third-order valence-electron chi connectivity index (χ3n) is 3.23. The zero-order valence-corrected chi connectivity index (χ0v) is 17.9. The largest absolute Gasteiger partial charge is 0.0824 e. The molecule has 0 unspecified atom stereocenters. The van der Waals surface area contributed by atoms with E-state index in [4.69, 9.17) is 104 Å². The second kappa shape index (κ2) is 7.74. The molecule has 0 saturated carbocycles. The van der Waals surface area contributed by atoms with Crippen molar-refractivity contribution in [3.63, 3.8) is 0 Å². The van der Waals surface area contributed by atoms with Crippen LogP contribution in [0.4, 0.5) is 0 Å². The highest BCUT2D eigenvalue weighted by Gasteiger charge is 2.23. The molecule has 0 aliphatic heterocycles. The first-order chi connectivity index (χ1) is 10.6. The Hall–Kier alpha value is 1.05. The maximum absolute atomic E-state index is 6.29. The Morgan fingerprint density at radius 2 is 0.696 bits per heavy atom. The van der Waals surface area contributed by atoms with Gasteiger partial charge in [-0.3, -0.25) is 0 Å². The fourth-order valence-electron chi connectivity index (χ4n) is 1.92. The minimum atomic E-state index is 0.0734. The molecule has 0 bridgehead atoms. The van der Waals surface area contributed by atoms with Crippen LogP contribution in [-0.4, -0.2) is 0 Å². The second-order valence-electron chi connectivity index (χ2n) is 4.58. The summed E-state index contributed by atoms with van der Waals surface area (Å²) in [7, 11) is 0. The van der Waals surface area contributed by atoms with Crippen LogP contribution in [0.15, 0.2) is 0 Å². The molecule has 2 rings (SSSR count). The summed E-state index contributed by atoms with van der Waals surface area (Å²) in [6, 6.07) is 0. The fourth-order valence-corrected chi connectivity index (χ4v) is 4.36. The summed E-state index contributed by atoms with van der Waals surface area (Å²) < 4.78 is 0. The molecule has 0 amide bonds. The molecule has 0 heterocycles. The summed E-state index contributed by atoms with van der Waals surface area (Å²) in [6.07, 6.45) is 0.131. The number of rotatable bonds is 2. The third-order valence-corrected chi connectivity index (χ3v) is 7.56. The van der Waals surface area contributed by atoms with Gasteiger partial charge in [-0.25, -0.2) is 0 Å². The normalized spacial score (nSPS) is 11.2. The minimum absolute atomic E-state index is 0.0734. The molecule has 2 aromatic rings. The second-order valence-corrected chi connectivity index (χ2v) is 7.99. The Bertz CT molecular complexity index is 685. The highest BCUT2D eigenvalue weighted by Crippen LogP contribution is 2.47. The van der Waals surface area contributed by atoms with Gasteiger partial charge in [0.1, 0.15) is 0 Å². The Morgan fingerprint density at radius 1 is 0.435 bits per heavy atom. The fraction of sp³-hybridized carbons (Fsp3) is 0.143. The summed E-state index contributed by atoms with van der Waals surface area (Å²) in [5, 5.41) is 1.69. The predicted molar refractivity (Wildman–Crippen MR) is 106 cm³/mol. The molecule has 0 fully saturated rings. The van der Waals surface area contributed by atoms with Crippen molar-refractivity contribution in [3.05, 3.63) is 61.9 Å². The van der Waals surface area contributed by atoms with E-state index in [-0.39, 0.29) is 41.6 Å². The van der Waals surface area contributed by atoms with Gasteiger partial charge in [-0.15, -0.1) is 0 Å². The number of halogens is 9. The summed E-state index contributed by atoms with van der Waals surface area (Å²) in [4.78, 5) is 0. The molecule has 124 valence electrons. The van der Waals surface area contributed by atoms with E-state index in [0.29, 0.717) is 26.7 Å². The Balaban J connectivity index is 2.71. The first kappa shape index (κ1) is 20.4. The van der Waals surface area contributed by atoms with Gasteiger partial charge in [0.25, 0.3) is 0 Å². The molecule has 9 heteroatoms. The smallest absolute Gasteiger partial charge is 0.0809 e. The highest BCUT2D eigenvalue weighted by atomic mass is 35.5. The van der Waals surface area contributed by atoms with Gasteiger partial charge in [0, 0.05) is 6.42 Å². The Morgan fingerprint density at radius 3 is 1.04 bits per heavy atom. The SMILES string of the molecule is Cc1c(Cl)c(Cl)c(Cc2c(Cl)c(Cl)c(Cl)c(Cl)c2Cl)c(Cl)c1Cl. The first-order valence-corrected chi connectivity index (χ1v) is 9.31. The summed E-state index contributed by atoms with van der Waals surface area (Å²) in [5.41, 5.74) is 1.47. The average Bonchev–Trinajstić information content (AvgIpc) is 2.54. The third kappa shape index (κ3) is 3.63. The van der Waals surface area contributed by atoms with Gasteiger partial charge < -0.3 is 0 Å². The number of hydrogen-bond acceptors (Lipinski definition) is 0. The maximum Gasteiger partial charge on any atom is 0.0809 e. The zero-order chi connectivity index (χ0) is 17.6. The summed E-state index contributed by atoms with van der Waals surface area (Å²) in [5.74, 6) is 0. The van der Waals surface area contributed by atoms with E-state index in [1.54, 1.807) is 6.92 Å². The lowest BCUT2D eigenvalue weighted by molar-refractivity contribution is 1.19. The van der Waals surface area contributed by atoms with E-state index >= 15 is 0 Å². The van der Waals surface area contributed by atoms with Crippen molar-refractivity contribution in [2.24, 2.45) is 0 Å². The molecule has 0 saturated heterocycles. The zero-order valence-electron chi connectivity index (χ0n) is 11.1. The molecule has 23 heavy (non-hydrogen) atoms. The minimum Gasteiger partial charge on any atom is -0.0824 e. The van der Waals surface area contributed by atoms with Crippen LogP contribution in [0.3, 0.4) is 0 Å². The predicted octanol–water partition coefficient (Wildman–Crippen LogP) is 9.47. The van der Waals surface area contributed by atoms with Crippen LogP contribution in [0.5, 0.6) is 0 Å². The highest BCUT2D eigenvalue weighted by molar-refractivity contribution is 6.55. The molecular formula is C14H5Cl9. The van der Waals surface area contributed by atoms with Gasteiger partial charge in [0.15, 0.2) is 0 Å². The Kier molecular flexibility index (Phi) is 6.85. The van der Waals surface area contributed by atoms with Crippen molar-refractivity contribution in [3.8, 4) is 0 Å². The van der Waals surface area contributed by atoms with E-state index in [9.17, 15) is 0 Å². The van der Waals surface area contributed by atoms with E-state index in [1.165, 1.54) is 0 Å². The van der Waals surface area contributed by atoms with Crippen molar-refractivity contribution < 1.29 is 0 Å². The van der Waals surface area contributed by atoms with Crippen molar-refractivity contribution in [2.75, 3.05) is 0 Å². The summed E-state index contributed by atoms with van der Waals surface area (Å²) in [6.45, 7) is 1.71. The van der Waals surface area contributed by atoms with Crippen LogP contribution in [-0.2, 0) is 6.42 Å². The molecule has 0 aliphatic rings. The lowest BCUT2D eigenvalue weighted by Gasteiger charge is -2.16. The van der Waals surface area contributed by atoms with E-state index in [2.05, 4.69) is 0 Å². The maximum atomic E-state index is 6.29. The quantitative estimate of drug-likeness (QED) is 0.289. The molecule has 0 spiro atoms. The Labute approximate surface area is 178 Å². The molecule has 0 N–H and O–H groups in total. The topological polar surface area (TPSA) is 0 Å². The van der Waals surface area contributed by atoms with Gasteiger partial charge in [-0.05, 0) is 23.6 Å². The van der Waals surface area contributed by atoms with Gasteiger partial charge in [0.2, 0.25) is 0 Å². The van der Waals surface area contributed by atoms with E-state index in [0.717, 1.165) is 0 Å². The van der Waals surface area contributed by atoms with Gasteiger partial charge in [0.05, 0.1) is 45.2 Å². The van der Waals surface area contributed by atoms with Crippen LogP contribution in [0, 0.1) is 6.92 Å². The molecular weight excluding hydrogens is 487 g/mol. The van der Waals surface area contributed by atoms with Crippen LogP contribution in [0.1, 0.15) is 16.7 Å². The van der Waals surface area contributed by atoms with Crippen LogP contribution >= 0.6 is 104 Å². The average molecular weight is 492 g/mol. The summed E-state index contributed by atoms with van der Waals surface area (Å²) >= 11 is 55.5. The van der Waals surface area contributed by atoms with Crippen molar-refractivity contribution in [2.45, 2.75) is 13.3 Å². The first-order valence-electron chi connectivity index (χ1n) is 5.91. The standard InChI is InChI=1S/C14H5Cl9/c1-3-6(15)8(17)4(9(18)7(3)16)2-5-10(19)12(21)14(23)13(22)11(5)20/h2H2,1H3. The van der Waals surface area contributed by atoms with E-state index < -0.39 is 0 Å². The van der Waals surface area contributed by atoms with Gasteiger partial charge in [-0.2, -0.15) is 0 Å².